The molecule has 1 unspecified atom stereocenters. The van der Waals surface area contributed by atoms with Crippen LogP contribution in [-0.2, 0) is 23.1 Å². The zero-order valence-electron chi connectivity index (χ0n) is 20.9. The van der Waals surface area contributed by atoms with Gasteiger partial charge in [0.2, 0.25) is 10.0 Å². The van der Waals surface area contributed by atoms with Crippen LogP contribution in [0.3, 0.4) is 0 Å². The molecule has 4 rings (SSSR count). The Morgan fingerprint density at radius 2 is 1.94 bits per heavy atom. The molecular weight excluding hydrogens is 502 g/mol. The summed E-state index contributed by atoms with van der Waals surface area (Å²) in [7, 11) is -0.686. The van der Waals surface area contributed by atoms with Crippen LogP contribution < -0.4 is 14.8 Å². The molecule has 1 aliphatic heterocycles. The molecule has 194 valence electrons. The summed E-state index contributed by atoms with van der Waals surface area (Å²) in [6, 6.07) is 8.59. The van der Waals surface area contributed by atoms with E-state index in [9.17, 15) is 8.42 Å². The highest BCUT2D eigenvalue weighted by molar-refractivity contribution is 7.89. The van der Waals surface area contributed by atoms with Gasteiger partial charge in [0.1, 0.15) is 10.7 Å². The number of hydrogen-bond acceptors (Lipinski definition) is 7. The molecule has 11 heteroatoms. The molecule has 1 aliphatic rings. The van der Waals surface area contributed by atoms with Crippen molar-refractivity contribution in [3.8, 4) is 11.5 Å². The van der Waals surface area contributed by atoms with Crippen LogP contribution in [0.1, 0.15) is 44.0 Å². The molecule has 1 N–H and O–H groups in total. The topological polar surface area (TPSA) is 98.6 Å². The number of hydrogen-bond donors (Lipinski definition) is 1. The van der Waals surface area contributed by atoms with E-state index in [1.54, 1.807) is 26.5 Å². The fourth-order valence-corrected chi connectivity index (χ4v) is 6.40. The molecule has 1 atom stereocenters. The Morgan fingerprint density at radius 1 is 1.17 bits per heavy atom. The molecule has 3 heterocycles. The van der Waals surface area contributed by atoms with E-state index in [-0.39, 0.29) is 16.0 Å². The summed E-state index contributed by atoms with van der Waals surface area (Å²) in [5.41, 5.74) is 1.84. The number of nitrogens with one attached hydrogen (secondary N) is 1. The van der Waals surface area contributed by atoms with Gasteiger partial charge in [-0.3, -0.25) is 4.68 Å². The van der Waals surface area contributed by atoms with E-state index in [0.717, 1.165) is 24.2 Å². The Hall–Kier alpha value is -2.82. The molecule has 36 heavy (non-hydrogen) atoms. The predicted molar refractivity (Wildman–Crippen MR) is 139 cm³/mol. The Kier molecular flexibility index (Phi) is 8.07. The van der Waals surface area contributed by atoms with Crippen LogP contribution in [0.15, 0.2) is 47.6 Å². The molecule has 0 saturated carbocycles. The lowest BCUT2D eigenvalue weighted by atomic mass is 10.0. The number of benzene rings is 1. The first-order chi connectivity index (χ1) is 17.2. The van der Waals surface area contributed by atoms with Crippen molar-refractivity contribution < 1.29 is 17.9 Å². The zero-order valence-corrected chi connectivity index (χ0v) is 22.5. The summed E-state index contributed by atoms with van der Waals surface area (Å²) in [5, 5.41) is 7.80. The van der Waals surface area contributed by atoms with Gasteiger partial charge in [0, 0.05) is 25.5 Å². The minimum atomic E-state index is -3.82. The molecule has 9 nitrogen and oxygen atoms in total. The van der Waals surface area contributed by atoms with E-state index >= 15 is 0 Å². The molecule has 0 radical (unpaired) electrons. The lowest BCUT2D eigenvalue weighted by molar-refractivity contribution is 0.351. The molecule has 2 aromatic heterocycles. The van der Waals surface area contributed by atoms with Gasteiger partial charge in [-0.2, -0.15) is 9.40 Å². The molecule has 3 aromatic rings. The fraction of sp³-hybridized carbons (Fsp3) is 0.440. The monoisotopic (exact) mass is 533 g/mol. The molecule has 0 spiro atoms. The summed E-state index contributed by atoms with van der Waals surface area (Å²) < 4.78 is 41.4. The van der Waals surface area contributed by atoms with Crippen LogP contribution in [0.5, 0.6) is 11.5 Å². The highest BCUT2D eigenvalue weighted by atomic mass is 35.5. The average Bonchev–Trinajstić information content (AvgIpc) is 3.52. The number of rotatable bonds is 10. The largest absolute Gasteiger partial charge is 0.493 e. The smallest absolute Gasteiger partial charge is 0.245 e. The maximum Gasteiger partial charge on any atom is 0.245 e. The van der Waals surface area contributed by atoms with Crippen molar-refractivity contribution in [1.29, 1.82) is 0 Å². The van der Waals surface area contributed by atoms with Crippen molar-refractivity contribution >= 4 is 27.4 Å². The predicted octanol–water partition coefficient (Wildman–Crippen LogP) is 4.74. The van der Waals surface area contributed by atoms with E-state index in [4.69, 9.17) is 21.1 Å². The zero-order chi connectivity index (χ0) is 25.9. The maximum absolute atomic E-state index is 13.6. The first kappa shape index (κ1) is 26.2. The highest BCUT2D eigenvalue weighted by Gasteiger charge is 2.37. The SMILES string of the molecule is COc1ccc(C2CCCN2S(=O)(=O)c2cnc(NCc3ccnn3CC(C)C)c(Cl)c2)cc1OC. The highest BCUT2D eigenvalue weighted by Crippen LogP contribution is 2.40. The first-order valence-corrected chi connectivity index (χ1v) is 13.7. The van der Waals surface area contributed by atoms with Gasteiger partial charge in [0.05, 0.1) is 37.5 Å². The third-order valence-corrected chi connectivity index (χ3v) is 8.36. The number of ether oxygens (including phenoxy) is 2. The summed E-state index contributed by atoms with van der Waals surface area (Å²) >= 11 is 6.47. The van der Waals surface area contributed by atoms with Crippen molar-refractivity contribution in [2.24, 2.45) is 5.92 Å². The van der Waals surface area contributed by atoms with E-state index in [2.05, 4.69) is 29.2 Å². The van der Waals surface area contributed by atoms with Gasteiger partial charge in [-0.1, -0.05) is 31.5 Å². The van der Waals surface area contributed by atoms with Crippen LogP contribution in [0.25, 0.3) is 0 Å². The molecule has 0 amide bonds. The number of nitrogens with zero attached hydrogens (tertiary/aromatic N) is 4. The van der Waals surface area contributed by atoms with Crippen LogP contribution in [-0.4, -0.2) is 48.3 Å². The van der Waals surface area contributed by atoms with Gasteiger partial charge < -0.3 is 14.8 Å². The Labute approximate surface area is 217 Å². The van der Waals surface area contributed by atoms with E-state index < -0.39 is 10.0 Å². The third-order valence-electron chi connectivity index (χ3n) is 6.20. The van der Waals surface area contributed by atoms with Crippen LogP contribution in [0.4, 0.5) is 5.82 Å². The average molecular weight is 534 g/mol. The van der Waals surface area contributed by atoms with Crippen molar-refractivity contribution in [2.45, 2.75) is 50.7 Å². The van der Waals surface area contributed by atoms with Crippen molar-refractivity contribution in [1.82, 2.24) is 19.1 Å². The lowest BCUT2D eigenvalue weighted by Crippen LogP contribution is -2.30. The minimum absolute atomic E-state index is 0.0651. The van der Waals surface area contributed by atoms with Crippen molar-refractivity contribution in [2.75, 3.05) is 26.1 Å². The third kappa shape index (κ3) is 5.45. The number of aromatic nitrogens is 3. The number of methoxy groups -OCH3 is 2. The van der Waals surface area contributed by atoms with Gasteiger partial charge in [0.25, 0.3) is 0 Å². The summed E-state index contributed by atoms with van der Waals surface area (Å²) in [4.78, 5) is 4.40. The Bertz CT molecular complexity index is 1310. The molecule has 0 bridgehead atoms. The lowest BCUT2D eigenvalue weighted by Gasteiger charge is -2.25. The summed E-state index contributed by atoms with van der Waals surface area (Å²) in [5.74, 6) is 2.04. The first-order valence-electron chi connectivity index (χ1n) is 11.9. The minimum Gasteiger partial charge on any atom is -0.493 e. The number of pyridine rings is 1. The number of anilines is 1. The fourth-order valence-electron chi connectivity index (χ4n) is 4.44. The second-order valence-corrected chi connectivity index (χ2v) is 11.4. The standard InChI is InChI=1S/C25H32ClN5O4S/c1-17(2)16-30-19(9-10-29-30)14-27-25-21(26)13-20(15-28-25)36(32,33)31-11-5-6-22(31)18-7-8-23(34-3)24(12-18)35-4/h7-10,12-13,15,17,22H,5-6,11,14,16H2,1-4H3,(H,27,28). The van der Waals surface area contributed by atoms with Gasteiger partial charge in [-0.15, -0.1) is 0 Å². The summed E-state index contributed by atoms with van der Waals surface area (Å²) in [6.45, 7) is 5.95. The van der Waals surface area contributed by atoms with E-state index in [1.807, 2.05) is 22.9 Å². The summed E-state index contributed by atoms with van der Waals surface area (Å²) in [6.07, 6.45) is 4.58. The Morgan fingerprint density at radius 3 is 2.64 bits per heavy atom. The maximum atomic E-state index is 13.6. The van der Waals surface area contributed by atoms with Crippen LogP contribution in [0.2, 0.25) is 5.02 Å². The second kappa shape index (κ2) is 11.1. The molecule has 1 saturated heterocycles. The number of sulfonamides is 1. The second-order valence-electron chi connectivity index (χ2n) is 9.14. The van der Waals surface area contributed by atoms with E-state index in [0.29, 0.717) is 42.7 Å². The Balaban J connectivity index is 1.53. The van der Waals surface area contributed by atoms with Crippen molar-refractivity contribution in [3.63, 3.8) is 0 Å². The molecular formula is C25H32ClN5O4S. The van der Waals surface area contributed by atoms with Gasteiger partial charge >= 0.3 is 0 Å². The van der Waals surface area contributed by atoms with E-state index in [1.165, 1.54) is 16.6 Å². The molecule has 0 aliphatic carbocycles. The molecule has 1 aromatic carbocycles. The van der Waals surface area contributed by atoms with Gasteiger partial charge in [-0.05, 0) is 48.6 Å². The van der Waals surface area contributed by atoms with Crippen LogP contribution in [0, 0.1) is 5.92 Å². The number of halogens is 1. The quantitative estimate of drug-likeness (QED) is 0.402. The van der Waals surface area contributed by atoms with Gasteiger partial charge in [-0.25, -0.2) is 13.4 Å². The van der Waals surface area contributed by atoms with Gasteiger partial charge in [0.15, 0.2) is 11.5 Å². The molecule has 1 fully saturated rings. The van der Waals surface area contributed by atoms with Crippen molar-refractivity contribution in [3.05, 3.63) is 59.0 Å². The van der Waals surface area contributed by atoms with Crippen LogP contribution >= 0.6 is 11.6 Å². The normalized spacial score (nSPS) is 16.4.